The van der Waals surface area contributed by atoms with Crippen molar-refractivity contribution in [2.24, 2.45) is 0 Å². The summed E-state index contributed by atoms with van der Waals surface area (Å²) in [6, 6.07) is 0. The van der Waals surface area contributed by atoms with E-state index in [1.807, 2.05) is 0 Å². The average molecular weight is 160 g/mol. The van der Waals surface area contributed by atoms with Gasteiger partial charge in [0.1, 0.15) is 0 Å². The van der Waals surface area contributed by atoms with Gasteiger partial charge in [0.2, 0.25) is 0 Å². The first-order valence-electron chi connectivity index (χ1n) is 2.15. The van der Waals surface area contributed by atoms with Crippen molar-refractivity contribution in [2.75, 3.05) is 19.1 Å². The van der Waals surface area contributed by atoms with Crippen LogP contribution in [-0.4, -0.2) is 27.9 Å². The molecule has 0 fully saturated rings. The molecule has 0 aliphatic rings. The number of rotatable bonds is 3. The van der Waals surface area contributed by atoms with Gasteiger partial charge in [0.25, 0.3) is 0 Å². The molecule has 0 spiro atoms. The van der Waals surface area contributed by atoms with E-state index in [2.05, 4.69) is 0 Å². The van der Waals surface area contributed by atoms with Gasteiger partial charge in [-0.25, -0.2) is 0 Å². The zero-order valence-corrected chi connectivity index (χ0v) is 7.55. The first-order chi connectivity index (χ1) is 3.72. The van der Waals surface area contributed by atoms with Crippen LogP contribution in [0.25, 0.3) is 0 Å². The maximum absolute atomic E-state index is 10.5. The minimum Gasteiger partial charge on any atom is -0.853 e. The third-order valence-electron chi connectivity index (χ3n) is 0.769. The molecule has 2 nitrogen and oxygen atoms in total. The molecule has 0 aromatic carbocycles. The van der Waals surface area contributed by atoms with Crippen molar-refractivity contribution in [3.63, 3.8) is 0 Å². The monoisotopic (exact) mass is 160 g/mol. The summed E-state index contributed by atoms with van der Waals surface area (Å²) in [4.78, 5) is 0. The van der Waals surface area contributed by atoms with Gasteiger partial charge in [-0.3, -0.25) is 4.21 Å². The molecule has 0 amide bonds. The van der Waals surface area contributed by atoms with Crippen molar-refractivity contribution in [3.05, 3.63) is 0 Å². The van der Waals surface area contributed by atoms with E-state index in [1.165, 1.54) is 11.8 Å². The Morgan fingerprint density at radius 2 is 2.22 bits per heavy atom. The van der Waals surface area contributed by atoms with Gasteiger partial charge in [0, 0.05) is 17.1 Å². The largest absolute Gasteiger partial charge is 1.00 e. The van der Waals surface area contributed by atoms with Crippen molar-refractivity contribution < 1.29 is 28.2 Å². The van der Waals surface area contributed by atoms with E-state index >= 15 is 0 Å². The molecular weight excluding hydrogens is 151 g/mol. The van der Waals surface area contributed by atoms with Crippen molar-refractivity contribution in [2.45, 2.75) is 4.58 Å². The fraction of sp³-hybridized carbons (Fsp3) is 1.00. The van der Waals surface area contributed by atoms with Gasteiger partial charge in [-0.2, -0.15) is 0 Å². The van der Waals surface area contributed by atoms with Crippen LogP contribution in [0.5, 0.6) is 0 Å². The van der Waals surface area contributed by atoms with Crippen molar-refractivity contribution in [1.29, 1.82) is 0 Å². The van der Waals surface area contributed by atoms with Crippen LogP contribution in [0.2, 0.25) is 0 Å². The molecule has 50 valence electrons. The number of hydrogen-bond acceptors (Lipinski definition) is 3. The Balaban J connectivity index is 0. The molecule has 0 aliphatic heterocycles. The van der Waals surface area contributed by atoms with Crippen molar-refractivity contribution in [3.8, 4) is 0 Å². The second kappa shape index (κ2) is 7.17. The molecule has 0 rings (SSSR count). The predicted molar refractivity (Wildman–Crippen MR) is 36.2 cm³/mol. The van der Waals surface area contributed by atoms with E-state index < -0.39 is 10.8 Å². The van der Waals surface area contributed by atoms with Gasteiger partial charge in [-0.1, -0.05) is 0 Å². The maximum atomic E-state index is 10.5. The summed E-state index contributed by atoms with van der Waals surface area (Å²) in [6.07, 6.45) is 3.35. The van der Waals surface area contributed by atoms with E-state index in [4.69, 9.17) is 0 Å². The minimum absolute atomic E-state index is 0. The molecule has 0 N–H and O–H groups in total. The maximum Gasteiger partial charge on any atom is 1.00 e. The van der Waals surface area contributed by atoms with Crippen molar-refractivity contribution in [1.82, 2.24) is 0 Å². The standard InChI is InChI=1S/C4H9O2S2.Li/c1-7-4(3-5)8(2)6;/h4H,3H2,1-2H3;/q-1;+1. The smallest absolute Gasteiger partial charge is 0.853 e. The molecule has 9 heavy (non-hydrogen) atoms. The molecule has 0 radical (unpaired) electrons. The van der Waals surface area contributed by atoms with Crippen LogP contribution in [0.15, 0.2) is 0 Å². The predicted octanol–water partition coefficient (Wildman–Crippen LogP) is -3.58. The van der Waals surface area contributed by atoms with Crippen LogP contribution < -0.4 is 24.0 Å². The second-order valence-corrected chi connectivity index (χ2v) is 4.24. The summed E-state index contributed by atoms with van der Waals surface area (Å²) in [5.41, 5.74) is 0. The van der Waals surface area contributed by atoms with E-state index in [0.717, 1.165) is 0 Å². The third-order valence-corrected chi connectivity index (χ3v) is 3.70. The molecule has 0 aromatic heterocycles. The van der Waals surface area contributed by atoms with E-state index in [0.29, 0.717) is 0 Å². The first kappa shape index (κ1) is 12.7. The van der Waals surface area contributed by atoms with Crippen LogP contribution in [0, 0.1) is 0 Å². The van der Waals surface area contributed by atoms with Crippen LogP contribution >= 0.6 is 11.8 Å². The summed E-state index contributed by atoms with van der Waals surface area (Å²) in [5, 5.41) is 10.1. The SMILES string of the molecule is CSC(C[O-])S(C)=O.[Li+]. The molecule has 0 bridgehead atoms. The summed E-state index contributed by atoms with van der Waals surface area (Å²) in [6.45, 7) is -0.246. The molecule has 2 atom stereocenters. The quantitative estimate of drug-likeness (QED) is 0.401. The van der Waals surface area contributed by atoms with Gasteiger partial charge >= 0.3 is 18.9 Å². The van der Waals surface area contributed by atoms with Gasteiger partial charge in [0.05, 0.1) is 4.58 Å². The number of thioether (sulfide) groups is 1. The summed E-state index contributed by atoms with van der Waals surface area (Å²) < 4.78 is 10.3. The van der Waals surface area contributed by atoms with Crippen molar-refractivity contribution >= 4 is 22.6 Å². The Morgan fingerprint density at radius 3 is 2.22 bits per heavy atom. The first-order valence-corrected chi connectivity index (χ1v) is 5.06. The Kier molecular flexibility index (Phi) is 10.1. The number of hydrogen-bond donors (Lipinski definition) is 0. The zero-order valence-electron chi connectivity index (χ0n) is 5.92. The average Bonchev–Trinajstić information content (AvgIpc) is 1.69. The molecule has 0 saturated heterocycles. The Bertz CT molecular complexity index is 84.6. The van der Waals surface area contributed by atoms with Gasteiger partial charge < -0.3 is 5.11 Å². The summed E-state index contributed by atoms with van der Waals surface area (Å²) in [7, 11) is -0.953. The van der Waals surface area contributed by atoms with Crippen LogP contribution in [-0.2, 0) is 10.8 Å². The Labute approximate surface area is 74.4 Å². The zero-order chi connectivity index (χ0) is 6.57. The molecule has 0 saturated carbocycles. The summed E-state index contributed by atoms with van der Waals surface area (Å²) >= 11 is 1.37. The van der Waals surface area contributed by atoms with Gasteiger partial charge in [0.15, 0.2) is 0 Å². The molecule has 0 heterocycles. The van der Waals surface area contributed by atoms with Crippen LogP contribution in [0.4, 0.5) is 0 Å². The minimum atomic E-state index is -0.953. The van der Waals surface area contributed by atoms with E-state index in [9.17, 15) is 9.32 Å². The molecule has 0 aromatic rings. The molecule has 0 aliphatic carbocycles. The second-order valence-electron chi connectivity index (χ2n) is 1.33. The third kappa shape index (κ3) is 5.50. The van der Waals surface area contributed by atoms with Crippen LogP contribution in [0.1, 0.15) is 0 Å². The molecular formula is C4H9LiO2S2. The molecule has 2 unspecified atom stereocenters. The van der Waals surface area contributed by atoms with Gasteiger partial charge in [-0.05, 0) is 6.26 Å². The van der Waals surface area contributed by atoms with Crippen LogP contribution in [0.3, 0.4) is 0 Å². The fourth-order valence-electron chi connectivity index (χ4n) is 0.299. The normalized spacial score (nSPS) is 15.9. The topological polar surface area (TPSA) is 40.1 Å². The Hall–Kier alpha value is 1.06. The van der Waals surface area contributed by atoms with E-state index in [-0.39, 0.29) is 30.0 Å². The fourth-order valence-corrected chi connectivity index (χ4v) is 1.71. The molecule has 5 heteroatoms. The van der Waals surface area contributed by atoms with E-state index in [1.54, 1.807) is 12.5 Å². The Morgan fingerprint density at radius 1 is 1.78 bits per heavy atom. The summed E-state index contributed by atoms with van der Waals surface area (Å²) in [5.74, 6) is 0. The van der Waals surface area contributed by atoms with Gasteiger partial charge in [-0.15, -0.1) is 18.4 Å².